The Bertz CT molecular complexity index is 730. The van der Waals surface area contributed by atoms with Crippen LogP contribution in [0.4, 0.5) is 18.9 Å². The second-order valence-corrected chi connectivity index (χ2v) is 5.38. The molecule has 0 radical (unpaired) electrons. The Kier molecular flexibility index (Phi) is 4.83. The number of halogens is 3. The van der Waals surface area contributed by atoms with Crippen LogP contribution in [-0.4, -0.2) is 26.7 Å². The molecule has 0 aliphatic rings. The lowest BCUT2D eigenvalue weighted by Gasteiger charge is -2.29. The average Bonchev–Trinajstić information content (AvgIpc) is 2.92. The van der Waals surface area contributed by atoms with Gasteiger partial charge in [0.2, 0.25) is 11.5 Å². The Morgan fingerprint density at radius 3 is 2.54 bits per heavy atom. The molecule has 2 rings (SSSR count). The molecule has 0 aliphatic heterocycles. The third-order valence-corrected chi connectivity index (χ3v) is 3.56. The van der Waals surface area contributed by atoms with Crippen LogP contribution in [0.5, 0.6) is 0 Å². The number of aromatic nitrogens is 2. The monoisotopic (exact) mass is 342 g/mol. The maximum Gasteiger partial charge on any atom is 0.425 e. The standard InChI is InChI=1S/C15H17F3N4O2/c1-10-5-3-4-6-11(10)20-21-12(23)9-14(24,15(16,17)18)13-19-7-8-22(13)2/h3-8,20,24H,9H2,1-2H3,(H,21,23). The molecule has 0 aliphatic carbocycles. The zero-order chi connectivity index (χ0) is 18.0. The lowest BCUT2D eigenvalue weighted by atomic mass is 9.97. The lowest BCUT2D eigenvalue weighted by molar-refractivity contribution is -0.271. The number of para-hydroxylation sites is 1. The van der Waals surface area contributed by atoms with E-state index in [0.29, 0.717) is 5.69 Å². The fourth-order valence-electron chi connectivity index (χ4n) is 2.20. The largest absolute Gasteiger partial charge is 0.425 e. The maximum absolute atomic E-state index is 13.3. The van der Waals surface area contributed by atoms with E-state index in [1.165, 1.54) is 13.2 Å². The topological polar surface area (TPSA) is 79.2 Å². The highest BCUT2D eigenvalue weighted by molar-refractivity contribution is 5.79. The van der Waals surface area contributed by atoms with Gasteiger partial charge in [-0.15, -0.1) is 0 Å². The normalized spacial score (nSPS) is 14.1. The predicted octanol–water partition coefficient (Wildman–Crippen LogP) is 2.01. The van der Waals surface area contributed by atoms with Gasteiger partial charge in [-0.2, -0.15) is 13.2 Å². The van der Waals surface area contributed by atoms with E-state index in [9.17, 15) is 23.1 Å². The summed E-state index contributed by atoms with van der Waals surface area (Å²) < 4.78 is 41.0. The molecule has 24 heavy (non-hydrogen) atoms. The molecule has 1 amide bonds. The molecular formula is C15H17F3N4O2. The molecule has 1 heterocycles. The smallest absolute Gasteiger partial charge is 0.374 e. The number of aliphatic hydroxyl groups is 1. The fraction of sp³-hybridized carbons (Fsp3) is 0.333. The Hall–Kier alpha value is -2.55. The summed E-state index contributed by atoms with van der Waals surface area (Å²) >= 11 is 0. The van der Waals surface area contributed by atoms with Gasteiger partial charge in [-0.1, -0.05) is 18.2 Å². The van der Waals surface area contributed by atoms with Gasteiger partial charge in [0.25, 0.3) is 0 Å². The predicted molar refractivity (Wildman–Crippen MR) is 80.7 cm³/mol. The number of carbonyl (C=O) groups is 1. The number of amides is 1. The first-order chi connectivity index (χ1) is 11.1. The summed E-state index contributed by atoms with van der Waals surface area (Å²) in [6, 6.07) is 6.92. The number of imidazole rings is 1. The number of hydrogen-bond donors (Lipinski definition) is 3. The van der Waals surface area contributed by atoms with Crippen LogP contribution < -0.4 is 10.9 Å². The van der Waals surface area contributed by atoms with Gasteiger partial charge in [-0.05, 0) is 18.6 Å². The summed E-state index contributed by atoms with van der Waals surface area (Å²) in [5, 5.41) is 10.1. The van der Waals surface area contributed by atoms with E-state index < -0.39 is 29.9 Å². The molecule has 9 heteroatoms. The summed E-state index contributed by atoms with van der Waals surface area (Å²) in [6.07, 6.45) is -3.91. The minimum absolute atomic E-state index is 0.540. The number of alkyl halides is 3. The third kappa shape index (κ3) is 3.51. The maximum atomic E-state index is 13.3. The van der Waals surface area contributed by atoms with Crippen molar-refractivity contribution in [2.24, 2.45) is 7.05 Å². The van der Waals surface area contributed by atoms with E-state index >= 15 is 0 Å². The first-order valence-corrected chi connectivity index (χ1v) is 7.02. The number of nitrogens with zero attached hydrogens (tertiary/aromatic N) is 2. The quantitative estimate of drug-likeness (QED) is 0.727. The van der Waals surface area contributed by atoms with Crippen LogP contribution in [0.15, 0.2) is 36.7 Å². The molecular weight excluding hydrogens is 325 g/mol. The summed E-state index contributed by atoms with van der Waals surface area (Å²) in [5.41, 5.74) is 2.66. The van der Waals surface area contributed by atoms with Gasteiger partial charge in [-0.25, -0.2) is 4.98 Å². The molecule has 1 aromatic heterocycles. The number of nitrogens with one attached hydrogen (secondary N) is 2. The highest BCUT2D eigenvalue weighted by Crippen LogP contribution is 2.40. The van der Waals surface area contributed by atoms with Gasteiger partial charge in [-0.3, -0.25) is 15.6 Å². The molecule has 2 aromatic rings. The van der Waals surface area contributed by atoms with Crippen molar-refractivity contribution in [1.29, 1.82) is 0 Å². The Labute approximate surface area is 136 Å². The van der Waals surface area contributed by atoms with Crippen LogP contribution in [0.2, 0.25) is 0 Å². The van der Waals surface area contributed by atoms with Crippen LogP contribution in [0.25, 0.3) is 0 Å². The van der Waals surface area contributed by atoms with Crippen molar-refractivity contribution in [2.45, 2.75) is 25.1 Å². The number of benzene rings is 1. The molecule has 130 valence electrons. The Balaban J connectivity index is 2.14. The van der Waals surface area contributed by atoms with Crippen molar-refractivity contribution < 1.29 is 23.1 Å². The summed E-state index contributed by atoms with van der Waals surface area (Å²) in [4.78, 5) is 15.5. The molecule has 6 nitrogen and oxygen atoms in total. The summed E-state index contributed by atoms with van der Waals surface area (Å²) in [6.45, 7) is 1.77. The highest BCUT2D eigenvalue weighted by atomic mass is 19.4. The van der Waals surface area contributed by atoms with E-state index in [1.807, 2.05) is 0 Å². The van der Waals surface area contributed by atoms with E-state index in [-0.39, 0.29) is 0 Å². The second-order valence-electron chi connectivity index (χ2n) is 5.38. The van der Waals surface area contributed by atoms with E-state index in [2.05, 4.69) is 15.8 Å². The zero-order valence-electron chi connectivity index (χ0n) is 13.1. The van der Waals surface area contributed by atoms with Crippen molar-refractivity contribution in [3.8, 4) is 0 Å². The van der Waals surface area contributed by atoms with Gasteiger partial charge in [0.05, 0.1) is 12.1 Å². The third-order valence-electron chi connectivity index (χ3n) is 3.56. The van der Waals surface area contributed by atoms with Gasteiger partial charge < -0.3 is 9.67 Å². The molecule has 0 fully saturated rings. The zero-order valence-corrected chi connectivity index (χ0v) is 13.1. The molecule has 3 N–H and O–H groups in total. The highest BCUT2D eigenvalue weighted by Gasteiger charge is 2.58. The number of hydrogen-bond acceptors (Lipinski definition) is 4. The van der Waals surface area contributed by atoms with Gasteiger partial charge >= 0.3 is 6.18 Å². The fourth-order valence-corrected chi connectivity index (χ4v) is 2.20. The minimum Gasteiger partial charge on any atom is -0.374 e. The second kappa shape index (κ2) is 6.52. The van der Waals surface area contributed by atoms with Crippen LogP contribution in [0, 0.1) is 6.92 Å². The van der Waals surface area contributed by atoms with E-state index in [4.69, 9.17) is 0 Å². The Morgan fingerprint density at radius 1 is 1.33 bits per heavy atom. The lowest BCUT2D eigenvalue weighted by Crippen LogP contribution is -2.48. The van der Waals surface area contributed by atoms with Crippen molar-refractivity contribution in [1.82, 2.24) is 15.0 Å². The molecule has 0 saturated carbocycles. The van der Waals surface area contributed by atoms with Crippen molar-refractivity contribution >= 4 is 11.6 Å². The molecule has 0 bridgehead atoms. The number of carbonyl (C=O) groups excluding carboxylic acids is 1. The average molecular weight is 342 g/mol. The molecule has 0 saturated heterocycles. The van der Waals surface area contributed by atoms with E-state index in [0.717, 1.165) is 16.3 Å². The van der Waals surface area contributed by atoms with Crippen LogP contribution in [0.3, 0.4) is 0 Å². The van der Waals surface area contributed by atoms with Crippen LogP contribution in [0.1, 0.15) is 17.8 Å². The first kappa shape index (κ1) is 17.8. The minimum atomic E-state index is -5.06. The molecule has 1 aromatic carbocycles. The summed E-state index contributed by atoms with van der Waals surface area (Å²) in [5.74, 6) is -1.68. The van der Waals surface area contributed by atoms with Gasteiger partial charge in [0, 0.05) is 19.4 Å². The molecule has 1 unspecified atom stereocenters. The van der Waals surface area contributed by atoms with Crippen LogP contribution in [-0.2, 0) is 17.4 Å². The number of aryl methyl sites for hydroxylation is 2. The van der Waals surface area contributed by atoms with Crippen molar-refractivity contribution in [3.63, 3.8) is 0 Å². The van der Waals surface area contributed by atoms with Crippen LogP contribution >= 0.6 is 0 Å². The summed E-state index contributed by atoms with van der Waals surface area (Å²) in [7, 11) is 1.31. The van der Waals surface area contributed by atoms with Gasteiger partial charge in [0.1, 0.15) is 0 Å². The molecule has 1 atom stereocenters. The van der Waals surface area contributed by atoms with Crippen molar-refractivity contribution in [2.75, 3.05) is 5.43 Å². The van der Waals surface area contributed by atoms with Crippen molar-refractivity contribution in [3.05, 3.63) is 48.0 Å². The van der Waals surface area contributed by atoms with E-state index in [1.54, 1.807) is 31.2 Å². The number of anilines is 1. The molecule has 0 spiro atoms. The van der Waals surface area contributed by atoms with Gasteiger partial charge in [0.15, 0.2) is 5.82 Å². The first-order valence-electron chi connectivity index (χ1n) is 7.02. The Morgan fingerprint density at radius 2 is 2.00 bits per heavy atom. The number of hydrazine groups is 1. The SMILES string of the molecule is Cc1ccccc1NNC(=O)CC(O)(c1nccn1C)C(F)(F)F. The number of rotatable bonds is 5.